The number of fused-ring (bicyclic) bond motifs is 1. The Balaban J connectivity index is 1.56. The molecular weight excluding hydrogens is 419 g/mol. The molecule has 1 saturated heterocycles. The van der Waals surface area contributed by atoms with Crippen molar-refractivity contribution < 1.29 is 22.3 Å². The molecule has 1 amide bonds. The normalized spacial score (nSPS) is 16.2. The molecule has 1 fully saturated rings. The Morgan fingerprint density at radius 1 is 1.03 bits per heavy atom. The number of carbonyl (C=O) groups is 1. The number of nitrogens with zero attached hydrogens (tertiary/aromatic N) is 1. The Morgan fingerprint density at radius 3 is 2.48 bits per heavy atom. The van der Waals surface area contributed by atoms with E-state index < -0.39 is 26.6 Å². The van der Waals surface area contributed by atoms with Crippen molar-refractivity contribution in [1.29, 1.82) is 0 Å². The topological polar surface area (TPSA) is 75.7 Å². The van der Waals surface area contributed by atoms with Gasteiger partial charge in [0.2, 0.25) is 10.0 Å². The molecule has 3 aromatic carbocycles. The van der Waals surface area contributed by atoms with Gasteiger partial charge in [0, 0.05) is 18.7 Å². The molecule has 1 aliphatic rings. The van der Waals surface area contributed by atoms with Crippen molar-refractivity contribution in [3.05, 3.63) is 77.6 Å². The van der Waals surface area contributed by atoms with Crippen LogP contribution in [0, 0.1) is 5.82 Å². The maximum atomic E-state index is 14.4. The van der Waals surface area contributed by atoms with Crippen molar-refractivity contribution in [2.75, 3.05) is 26.3 Å². The van der Waals surface area contributed by atoms with E-state index in [4.69, 9.17) is 4.74 Å². The Bertz CT molecular complexity index is 1220. The highest BCUT2D eigenvalue weighted by atomic mass is 32.2. The highest BCUT2D eigenvalue weighted by Crippen LogP contribution is 2.23. The summed E-state index contributed by atoms with van der Waals surface area (Å²) >= 11 is 0. The second kappa shape index (κ2) is 8.74. The minimum Gasteiger partial charge on any atom is -0.379 e. The molecule has 0 saturated carbocycles. The molecule has 0 bridgehead atoms. The van der Waals surface area contributed by atoms with Gasteiger partial charge in [-0.25, -0.2) is 12.8 Å². The first-order valence-corrected chi connectivity index (χ1v) is 11.5. The highest BCUT2D eigenvalue weighted by molar-refractivity contribution is 7.89. The van der Waals surface area contributed by atoms with Crippen molar-refractivity contribution in [3.63, 3.8) is 0 Å². The van der Waals surface area contributed by atoms with E-state index in [0.29, 0.717) is 0 Å². The number of amides is 1. The smallest absolute Gasteiger partial charge is 0.251 e. The Labute approximate surface area is 180 Å². The molecule has 162 valence electrons. The predicted octanol–water partition coefficient (Wildman–Crippen LogP) is 3.49. The van der Waals surface area contributed by atoms with E-state index >= 15 is 0 Å². The van der Waals surface area contributed by atoms with Gasteiger partial charge in [0.1, 0.15) is 10.7 Å². The third kappa shape index (κ3) is 4.46. The molecule has 3 aromatic rings. The average molecular weight is 443 g/mol. The lowest BCUT2D eigenvalue weighted by Crippen LogP contribution is -2.41. The zero-order valence-corrected chi connectivity index (χ0v) is 17.9. The number of ether oxygens (including phenoxy) is 1. The number of morpholine rings is 1. The Hall–Kier alpha value is -2.81. The number of carbonyl (C=O) groups excluding carboxylic acids is 1. The minimum absolute atomic E-state index is 0.0841. The van der Waals surface area contributed by atoms with Crippen LogP contribution in [-0.4, -0.2) is 44.9 Å². The van der Waals surface area contributed by atoms with E-state index in [1.807, 2.05) is 49.4 Å². The molecule has 4 rings (SSSR count). The van der Waals surface area contributed by atoms with Gasteiger partial charge >= 0.3 is 0 Å². The zero-order chi connectivity index (χ0) is 22.0. The maximum absolute atomic E-state index is 14.4. The lowest BCUT2D eigenvalue weighted by molar-refractivity contribution is 0.0729. The van der Waals surface area contributed by atoms with Crippen LogP contribution < -0.4 is 5.32 Å². The fourth-order valence-electron chi connectivity index (χ4n) is 3.61. The molecule has 0 aliphatic carbocycles. The molecule has 0 radical (unpaired) electrons. The summed E-state index contributed by atoms with van der Waals surface area (Å²) in [5.41, 5.74) is 0.996. The van der Waals surface area contributed by atoms with Crippen molar-refractivity contribution in [2.24, 2.45) is 0 Å². The fourth-order valence-corrected chi connectivity index (χ4v) is 5.11. The number of rotatable bonds is 5. The zero-order valence-electron chi connectivity index (χ0n) is 17.0. The number of nitrogens with one attached hydrogen (secondary N) is 1. The maximum Gasteiger partial charge on any atom is 0.251 e. The van der Waals surface area contributed by atoms with Crippen LogP contribution in [0.5, 0.6) is 0 Å². The number of halogens is 1. The quantitative estimate of drug-likeness (QED) is 0.656. The molecule has 31 heavy (non-hydrogen) atoms. The van der Waals surface area contributed by atoms with Crippen LogP contribution in [0.15, 0.2) is 65.6 Å². The molecule has 1 N–H and O–H groups in total. The first-order chi connectivity index (χ1) is 14.9. The number of hydrogen-bond donors (Lipinski definition) is 1. The van der Waals surface area contributed by atoms with Gasteiger partial charge in [-0.1, -0.05) is 36.4 Å². The molecule has 0 spiro atoms. The van der Waals surface area contributed by atoms with Crippen molar-refractivity contribution in [3.8, 4) is 0 Å². The van der Waals surface area contributed by atoms with Gasteiger partial charge in [0.05, 0.1) is 19.3 Å². The van der Waals surface area contributed by atoms with Crippen LogP contribution in [0.3, 0.4) is 0 Å². The van der Waals surface area contributed by atoms with E-state index in [1.54, 1.807) is 0 Å². The van der Waals surface area contributed by atoms with Gasteiger partial charge in [-0.3, -0.25) is 4.79 Å². The summed E-state index contributed by atoms with van der Waals surface area (Å²) in [6, 6.07) is 16.9. The lowest BCUT2D eigenvalue weighted by atomic mass is 10.0. The summed E-state index contributed by atoms with van der Waals surface area (Å²) in [4.78, 5) is 12.3. The first kappa shape index (κ1) is 21.4. The van der Waals surface area contributed by atoms with E-state index in [9.17, 15) is 17.6 Å². The van der Waals surface area contributed by atoms with Gasteiger partial charge in [-0.05, 0) is 47.5 Å². The first-order valence-electron chi connectivity index (χ1n) is 10.0. The second-order valence-electron chi connectivity index (χ2n) is 7.46. The van der Waals surface area contributed by atoms with Gasteiger partial charge in [0.15, 0.2) is 0 Å². The average Bonchev–Trinajstić information content (AvgIpc) is 2.79. The van der Waals surface area contributed by atoms with Gasteiger partial charge in [-0.15, -0.1) is 0 Å². The number of sulfonamides is 1. The third-order valence-corrected chi connectivity index (χ3v) is 7.32. The summed E-state index contributed by atoms with van der Waals surface area (Å²) in [6.45, 7) is 2.65. The largest absolute Gasteiger partial charge is 0.379 e. The Kier molecular flexibility index (Phi) is 6.04. The van der Waals surface area contributed by atoms with Gasteiger partial charge < -0.3 is 10.1 Å². The van der Waals surface area contributed by atoms with E-state index in [-0.39, 0.29) is 37.9 Å². The molecule has 0 aromatic heterocycles. The van der Waals surface area contributed by atoms with Crippen molar-refractivity contribution in [2.45, 2.75) is 17.9 Å². The minimum atomic E-state index is -4.06. The van der Waals surface area contributed by atoms with Crippen molar-refractivity contribution >= 4 is 26.7 Å². The van der Waals surface area contributed by atoms with E-state index in [0.717, 1.165) is 28.5 Å². The van der Waals surface area contributed by atoms with Crippen LogP contribution in [0.4, 0.5) is 4.39 Å². The van der Waals surface area contributed by atoms with Crippen LogP contribution in [-0.2, 0) is 14.8 Å². The van der Waals surface area contributed by atoms with E-state index in [2.05, 4.69) is 5.32 Å². The monoisotopic (exact) mass is 442 g/mol. The number of benzene rings is 3. The number of hydrogen-bond acceptors (Lipinski definition) is 4. The summed E-state index contributed by atoms with van der Waals surface area (Å²) in [5.74, 6) is -1.36. The van der Waals surface area contributed by atoms with Crippen LogP contribution >= 0.6 is 0 Å². The van der Waals surface area contributed by atoms with Gasteiger partial charge in [-0.2, -0.15) is 4.31 Å². The fraction of sp³-hybridized carbons (Fsp3) is 0.261. The molecule has 8 heteroatoms. The summed E-state index contributed by atoms with van der Waals surface area (Å²) in [7, 11) is -4.06. The second-order valence-corrected chi connectivity index (χ2v) is 9.37. The van der Waals surface area contributed by atoms with Crippen molar-refractivity contribution in [1.82, 2.24) is 9.62 Å². The van der Waals surface area contributed by atoms with Crippen LogP contribution in [0.1, 0.15) is 28.9 Å². The van der Waals surface area contributed by atoms with Crippen LogP contribution in [0.25, 0.3) is 10.8 Å². The standard InChI is InChI=1S/C23H23FN2O4S/c1-16(18-7-6-17-4-2-3-5-19(17)14-18)25-23(27)20-8-9-21(24)22(15-20)31(28,29)26-10-12-30-13-11-26/h2-9,14-16H,10-13H2,1H3,(H,25,27). The summed E-state index contributed by atoms with van der Waals surface area (Å²) < 4.78 is 46.4. The molecule has 1 atom stereocenters. The molecule has 6 nitrogen and oxygen atoms in total. The lowest BCUT2D eigenvalue weighted by Gasteiger charge is -2.26. The highest BCUT2D eigenvalue weighted by Gasteiger charge is 2.30. The summed E-state index contributed by atoms with van der Waals surface area (Å²) in [6.07, 6.45) is 0. The SMILES string of the molecule is CC(NC(=O)c1ccc(F)c(S(=O)(=O)N2CCOCC2)c1)c1ccc2ccccc2c1. The third-order valence-electron chi connectivity index (χ3n) is 5.40. The Morgan fingerprint density at radius 2 is 1.74 bits per heavy atom. The van der Waals surface area contributed by atoms with Gasteiger partial charge in [0.25, 0.3) is 5.91 Å². The molecule has 1 unspecified atom stereocenters. The molecule has 1 aliphatic heterocycles. The predicted molar refractivity (Wildman–Crippen MR) is 116 cm³/mol. The van der Waals surface area contributed by atoms with Crippen LogP contribution in [0.2, 0.25) is 0 Å². The van der Waals surface area contributed by atoms with E-state index in [1.165, 1.54) is 10.4 Å². The molecular formula is C23H23FN2O4S. The molecule has 1 heterocycles. The summed E-state index contributed by atoms with van der Waals surface area (Å²) in [5, 5.41) is 5.02.